The Hall–Kier alpha value is -0.990. The molecule has 0 heterocycles. The third-order valence-corrected chi connectivity index (χ3v) is 2.67. The highest BCUT2D eigenvalue weighted by molar-refractivity contribution is 6.30. The highest BCUT2D eigenvalue weighted by atomic mass is 35.5. The van der Waals surface area contributed by atoms with Crippen molar-refractivity contribution >= 4 is 11.6 Å². The standard InChI is InChI=1S/C15H22ClNO/c1-11(9-17-15(3,4)5)10-18-14-7-6-13(16)8-12(14)2/h6-8,17H,1,9-10H2,2-5H3. The van der Waals surface area contributed by atoms with Gasteiger partial charge in [0.2, 0.25) is 0 Å². The Balaban J connectivity index is 2.43. The molecule has 0 saturated carbocycles. The molecule has 0 fully saturated rings. The molecule has 1 aromatic carbocycles. The summed E-state index contributed by atoms with van der Waals surface area (Å²) < 4.78 is 5.72. The van der Waals surface area contributed by atoms with Crippen LogP contribution in [-0.4, -0.2) is 18.7 Å². The molecule has 0 aliphatic heterocycles. The van der Waals surface area contributed by atoms with Crippen molar-refractivity contribution in [1.82, 2.24) is 5.32 Å². The molecule has 0 aliphatic rings. The molecule has 0 radical (unpaired) electrons. The van der Waals surface area contributed by atoms with Crippen LogP contribution in [0.4, 0.5) is 0 Å². The van der Waals surface area contributed by atoms with Crippen LogP contribution in [0.3, 0.4) is 0 Å². The largest absolute Gasteiger partial charge is 0.489 e. The zero-order valence-corrected chi connectivity index (χ0v) is 12.4. The average Bonchev–Trinajstić information content (AvgIpc) is 2.24. The monoisotopic (exact) mass is 267 g/mol. The summed E-state index contributed by atoms with van der Waals surface area (Å²) in [4.78, 5) is 0. The van der Waals surface area contributed by atoms with E-state index in [1.54, 1.807) is 0 Å². The topological polar surface area (TPSA) is 21.3 Å². The summed E-state index contributed by atoms with van der Waals surface area (Å²) in [6.07, 6.45) is 0. The summed E-state index contributed by atoms with van der Waals surface area (Å²) in [5.41, 5.74) is 2.16. The Kier molecular flexibility index (Phi) is 5.24. The van der Waals surface area contributed by atoms with Crippen LogP contribution in [0.15, 0.2) is 30.4 Å². The summed E-state index contributed by atoms with van der Waals surface area (Å²) in [5.74, 6) is 0.858. The second-order valence-corrected chi connectivity index (χ2v) is 5.99. The molecule has 0 unspecified atom stereocenters. The Morgan fingerprint density at radius 2 is 2.06 bits per heavy atom. The molecule has 18 heavy (non-hydrogen) atoms. The highest BCUT2D eigenvalue weighted by Gasteiger charge is 2.09. The smallest absolute Gasteiger partial charge is 0.122 e. The lowest BCUT2D eigenvalue weighted by molar-refractivity contribution is 0.339. The van der Waals surface area contributed by atoms with E-state index in [-0.39, 0.29) is 5.54 Å². The number of halogens is 1. The van der Waals surface area contributed by atoms with E-state index in [4.69, 9.17) is 16.3 Å². The fourth-order valence-electron chi connectivity index (χ4n) is 1.40. The number of hydrogen-bond acceptors (Lipinski definition) is 2. The van der Waals surface area contributed by atoms with Crippen LogP contribution in [0.2, 0.25) is 5.02 Å². The van der Waals surface area contributed by atoms with E-state index in [1.165, 1.54) is 0 Å². The first-order valence-electron chi connectivity index (χ1n) is 6.08. The summed E-state index contributed by atoms with van der Waals surface area (Å²) in [6.45, 7) is 13.7. The molecular formula is C15H22ClNO. The first-order chi connectivity index (χ1) is 8.28. The van der Waals surface area contributed by atoms with Gasteiger partial charge < -0.3 is 10.1 Å². The van der Waals surface area contributed by atoms with Gasteiger partial charge in [-0.1, -0.05) is 18.2 Å². The number of ether oxygens (including phenoxy) is 1. The van der Waals surface area contributed by atoms with Gasteiger partial charge in [-0.25, -0.2) is 0 Å². The van der Waals surface area contributed by atoms with Crippen molar-refractivity contribution in [2.75, 3.05) is 13.2 Å². The minimum atomic E-state index is 0.0964. The van der Waals surface area contributed by atoms with E-state index >= 15 is 0 Å². The van der Waals surface area contributed by atoms with Gasteiger partial charge in [0, 0.05) is 17.1 Å². The number of aryl methyl sites for hydroxylation is 1. The van der Waals surface area contributed by atoms with Crippen molar-refractivity contribution in [3.05, 3.63) is 40.9 Å². The van der Waals surface area contributed by atoms with E-state index in [2.05, 4.69) is 32.7 Å². The maximum Gasteiger partial charge on any atom is 0.122 e. The molecule has 0 amide bonds. The molecule has 0 aromatic heterocycles. The zero-order chi connectivity index (χ0) is 13.8. The van der Waals surface area contributed by atoms with E-state index in [1.807, 2.05) is 25.1 Å². The van der Waals surface area contributed by atoms with E-state index in [9.17, 15) is 0 Å². The van der Waals surface area contributed by atoms with Gasteiger partial charge in [-0.15, -0.1) is 0 Å². The molecule has 3 heteroatoms. The lowest BCUT2D eigenvalue weighted by Gasteiger charge is -2.21. The lowest BCUT2D eigenvalue weighted by Crippen LogP contribution is -2.37. The third-order valence-electron chi connectivity index (χ3n) is 2.44. The van der Waals surface area contributed by atoms with Gasteiger partial charge in [0.25, 0.3) is 0 Å². The van der Waals surface area contributed by atoms with Crippen LogP contribution in [0.25, 0.3) is 0 Å². The molecule has 1 aromatic rings. The van der Waals surface area contributed by atoms with Crippen molar-refractivity contribution < 1.29 is 4.74 Å². The van der Waals surface area contributed by atoms with Crippen LogP contribution in [0.5, 0.6) is 5.75 Å². The number of rotatable bonds is 5. The Morgan fingerprint density at radius 1 is 1.39 bits per heavy atom. The first-order valence-corrected chi connectivity index (χ1v) is 6.46. The summed E-state index contributed by atoms with van der Waals surface area (Å²) in [5, 5.41) is 4.11. The van der Waals surface area contributed by atoms with E-state index < -0.39 is 0 Å². The normalized spacial score (nSPS) is 11.4. The fourth-order valence-corrected chi connectivity index (χ4v) is 1.62. The first kappa shape index (κ1) is 15.1. The highest BCUT2D eigenvalue weighted by Crippen LogP contribution is 2.22. The maximum atomic E-state index is 5.90. The molecular weight excluding hydrogens is 246 g/mol. The van der Waals surface area contributed by atoms with Gasteiger partial charge in [0.15, 0.2) is 0 Å². The van der Waals surface area contributed by atoms with Gasteiger partial charge in [0.05, 0.1) is 0 Å². The Labute approximate surface area is 115 Å². The molecule has 0 spiro atoms. The SMILES string of the molecule is C=C(CNC(C)(C)C)COc1ccc(Cl)cc1C. The summed E-state index contributed by atoms with van der Waals surface area (Å²) in [6, 6.07) is 5.62. The number of benzene rings is 1. The quantitative estimate of drug-likeness (QED) is 0.815. The van der Waals surface area contributed by atoms with Crippen LogP contribution < -0.4 is 10.1 Å². The average molecular weight is 268 g/mol. The molecule has 0 atom stereocenters. The predicted molar refractivity (Wildman–Crippen MR) is 78.6 cm³/mol. The van der Waals surface area contributed by atoms with Gasteiger partial charge in [0.1, 0.15) is 12.4 Å². The minimum Gasteiger partial charge on any atom is -0.489 e. The van der Waals surface area contributed by atoms with Gasteiger partial charge in [-0.2, -0.15) is 0 Å². The van der Waals surface area contributed by atoms with Crippen LogP contribution in [-0.2, 0) is 0 Å². The second-order valence-electron chi connectivity index (χ2n) is 5.55. The summed E-state index contributed by atoms with van der Waals surface area (Å²) >= 11 is 5.90. The van der Waals surface area contributed by atoms with Crippen molar-refractivity contribution in [2.45, 2.75) is 33.2 Å². The minimum absolute atomic E-state index is 0.0964. The Morgan fingerprint density at radius 3 is 2.61 bits per heavy atom. The van der Waals surface area contributed by atoms with Crippen molar-refractivity contribution in [2.24, 2.45) is 0 Å². The molecule has 1 N–H and O–H groups in total. The van der Waals surface area contributed by atoms with Crippen LogP contribution >= 0.6 is 11.6 Å². The molecule has 2 nitrogen and oxygen atoms in total. The predicted octanol–water partition coefficient (Wildman–Crippen LogP) is 3.97. The van der Waals surface area contributed by atoms with Gasteiger partial charge in [-0.3, -0.25) is 0 Å². The zero-order valence-electron chi connectivity index (χ0n) is 11.6. The van der Waals surface area contributed by atoms with Crippen molar-refractivity contribution in [3.63, 3.8) is 0 Å². The molecule has 1 rings (SSSR count). The van der Waals surface area contributed by atoms with E-state index in [0.717, 1.165) is 28.5 Å². The van der Waals surface area contributed by atoms with Crippen molar-refractivity contribution in [3.8, 4) is 5.75 Å². The molecule has 0 aliphatic carbocycles. The lowest BCUT2D eigenvalue weighted by atomic mass is 10.1. The molecule has 0 bridgehead atoms. The Bertz CT molecular complexity index is 421. The van der Waals surface area contributed by atoms with Gasteiger partial charge >= 0.3 is 0 Å². The fraction of sp³-hybridized carbons (Fsp3) is 0.467. The van der Waals surface area contributed by atoms with Crippen LogP contribution in [0.1, 0.15) is 26.3 Å². The third kappa shape index (κ3) is 5.56. The number of hydrogen-bond donors (Lipinski definition) is 1. The van der Waals surface area contributed by atoms with Crippen LogP contribution in [0, 0.1) is 6.92 Å². The molecule has 0 saturated heterocycles. The second kappa shape index (κ2) is 6.26. The summed E-state index contributed by atoms with van der Waals surface area (Å²) in [7, 11) is 0. The van der Waals surface area contributed by atoms with Crippen molar-refractivity contribution in [1.29, 1.82) is 0 Å². The maximum absolute atomic E-state index is 5.90. The van der Waals surface area contributed by atoms with Gasteiger partial charge in [-0.05, 0) is 57.0 Å². The van der Waals surface area contributed by atoms with E-state index in [0.29, 0.717) is 6.61 Å². The molecule has 100 valence electrons. The number of nitrogens with one attached hydrogen (secondary N) is 1.